The standard InChI is InChI=1S/C43H52N7O24P3S2.C28H31N3O10S/c44-38-23(20-50(42(61)49-38)35-19-32(51)33(72-35)22-71-76(66,67)74-77(68,69)73-75(63,64)65)7-5-14-45-34(52)13-16-79-78-15-6-12-29(39(57)46-30(17-36(53)54)40(58)47-31(41(59)60)18-37(55)56)48-43(62)70-21-28-26-10-3-1-8-24(26)25-9-2-4-11-27(25)28;32-23(33)12-21(26(37)30-22(27(38)39)13-24(34)35)29-25(36)20(10-5-11-42)31-28(40)41-14-19-17-8-3-1-6-15(17)16-7-2-4-9-18(16)19/h1-4,8-11,20,28-33,35,51H,6,12-19,21-22H2,(H,45,52)(H,46,57)(H,47,58)(H,48,62)(H,53,54)(H,55,56)(H,59,60)(H,66,67)(H,68,69)(H2,44,49,61)(H2,63,64,65);1-4,6-9,19-22,42H,5,10-14H2,(H,29,36)(H,30,37)(H,31,40)(H,32,33)(H,34,35)(H,38,39). The number of nitrogens with one attached hydrogen (secondary N) is 7. The van der Waals surface area contributed by atoms with Crippen molar-refractivity contribution in [3.63, 3.8) is 0 Å². The first-order valence-electron chi connectivity index (χ1n) is 36.0. The Bertz CT molecular complexity index is 4860. The number of rotatable bonds is 44. The van der Waals surface area contributed by atoms with E-state index in [0.717, 1.165) is 55.3 Å². The number of nitrogen functional groups attached to an aromatic ring is 1. The second kappa shape index (κ2) is 45.7. The van der Waals surface area contributed by atoms with Gasteiger partial charge in [-0.2, -0.15) is 26.2 Å². The van der Waals surface area contributed by atoms with Crippen LogP contribution in [-0.4, -0.2) is 234 Å². The van der Waals surface area contributed by atoms with Crippen LogP contribution in [0.1, 0.15) is 110 Å². The van der Waals surface area contributed by atoms with Crippen molar-refractivity contribution in [2.75, 3.05) is 49.4 Å². The minimum absolute atomic E-state index is 0.00902. The average molecular weight is 1810 g/mol. The maximum Gasteiger partial charge on any atom is 0.490 e. The number of benzene rings is 4. The molecule has 121 heavy (non-hydrogen) atoms. The summed E-state index contributed by atoms with van der Waals surface area (Å²) < 4.78 is 63.8. The Balaban J connectivity index is 0.000000402. The summed E-state index contributed by atoms with van der Waals surface area (Å²) in [6.07, 6.45) is -8.78. The zero-order valence-electron chi connectivity index (χ0n) is 63.1. The third-order valence-electron chi connectivity index (χ3n) is 17.7. The lowest BCUT2D eigenvalue weighted by atomic mass is 9.98. The van der Waals surface area contributed by atoms with Gasteiger partial charge in [0.05, 0.1) is 50.5 Å². The van der Waals surface area contributed by atoms with Crippen LogP contribution in [0.2, 0.25) is 0 Å². The van der Waals surface area contributed by atoms with E-state index >= 15 is 0 Å². The predicted molar refractivity (Wildman–Crippen MR) is 425 cm³/mol. The fourth-order valence-corrected chi connectivity index (χ4v) is 17.6. The predicted octanol–water partition coefficient (Wildman–Crippen LogP) is 2.35. The third kappa shape index (κ3) is 30.7. The monoisotopic (exact) mass is 1810 g/mol. The van der Waals surface area contributed by atoms with Crippen LogP contribution in [0.25, 0.3) is 22.3 Å². The number of phosphoric acid groups is 3. The van der Waals surface area contributed by atoms with Gasteiger partial charge < -0.3 is 112 Å². The van der Waals surface area contributed by atoms with Crippen molar-refractivity contribution in [2.24, 2.45) is 0 Å². The number of alkyl carbamates (subject to hydrolysis) is 2. The molecule has 50 heteroatoms. The van der Waals surface area contributed by atoms with Crippen LogP contribution in [0.3, 0.4) is 0 Å². The van der Waals surface area contributed by atoms with E-state index in [9.17, 15) is 116 Å². The number of amides is 7. The van der Waals surface area contributed by atoms with Crippen molar-refractivity contribution in [3.05, 3.63) is 142 Å². The number of carboxylic acids is 6. The van der Waals surface area contributed by atoms with Gasteiger partial charge >= 0.3 is 77.2 Å². The van der Waals surface area contributed by atoms with Crippen LogP contribution in [0.5, 0.6) is 0 Å². The number of hydrogen-bond acceptors (Lipinski definition) is 29. The van der Waals surface area contributed by atoms with Crippen molar-refractivity contribution in [3.8, 4) is 34.1 Å². The topological polar surface area (TPSA) is 696 Å². The number of carbonyl (C=O) groups is 13. The number of phosphoric ester groups is 1. The maximum absolute atomic E-state index is 13.7. The van der Waals surface area contributed by atoms with Gasteiger partial charge in [-0.25, -0.2) is 37.7 Å². The quantitative estimate of drug-likeness (QED) is 0.00875. The van der Waals surface area contributed by atoms with Crippen molar-refractivity contribution in [1.29, 1.82) is 0 Å². The first kappa shape index (κ1) is 97.3. The highest BCUT2D eigenvalue weighted by Crippen LogP contribution is 2.66. The largest absolute Gasteiger partial charge is 0.490 e. The van der Waals surface area contributed by atoms with E-state index in [4.69, 9.17) is 39.9 Å². The lowest BCUT2D eigenvalue weighted by Gasteiger charge is -2.23. The summed E-state index contributed by atoms with van der Waals surface area (Å²) in [4.78, 5) is 212. The summed E-state index contributed by atoms with van der Waals surface area (Å²) in [6.45, 7) is -1.36. The van der Waals surface area contributed by atoms with Gasteiger partial charge in [0.1, 0.15) is 67.6 Å². The van der Waals surface area contributed by atoms with Crippen LogP contribution in [0.4, 0.5) is 15.4 Å². The SMILES string of the molecule is Nc1nc(=O)n(C2CC(O)C(COP(=O)(O)OP(=O)(O)OP(=O)(O)O)O2)cc1C#CCNC(=O)CCSSCCCC(NC(=O)OCC1c2ccccc2-c2ccccc21)C(=O)NC(CC(=O)O)C(=O)NC(CC(=O)O)C(=O)O.O=C(O)CC(NC(=O)C(CC(=O)O)NC(=O)C(CCCS)NC(=O)OCC1c2ccccc2-c2ccccc21)C(=O)O. The van der Waals surface area contributed by atoms with Gasteiger partial charge in [0.25, 0.3) is 0 Å². The molecule has 5 aromatic rings. The minimum atomic E-state index is -5.82. The molecule has 11 atom stereocenters. The minimum Gasteiger partial charge on any atom is -0.481 e. The average Bonchev–Trinajstić information content (AvgIpc) is 1.62. The number of fused-ring (bicyclic) bond motifs is 6. The number of anilines is 1. The van der Waals surface area contributed by atoms with Gasteiger partial charge in [-0.15, -0.1) is 0 Å². The van der Waals surface area contributed by atoms with Gasteiger partial charge in [-0.1, -0.05) is 130 Å². The zero-order valence-corrected chi connectivity index (χ0v) is 68.3. The molecule has 11 unspecified atom stereocenters. The number of aliphatic hydroxyl groups is 1. The lowest BCUT2D eigenvalue weighted by molar-refractivity contribution is -0.148. The van der Waals surface area contributed by atoms with E-state index in [2.05, 4.69) is 69.2 Å². The number of ether oxygens (including phenoxy) is 3. The Labute approximate surface area is 698 Å². The van der Waals surface area contributed by atoms with Gasteiger partial charge in [0.15, 0.2) is 0 Å². The number of nitrogens with zero attached hydrogens (tertiary/aromatic N) is 2. The molecule has 0 bridgehead atoms. The summed E-state index contributed by atoms with van der Waals surface area (Å²) in [5.74, 6) is -9.08. The Morgan fingerprint density at radius 1 is 0.554 bits per heavy atom. The van der Waals surface area contributed by atoms with Crippen LogP contribution >= 0.6 is 57.7 Å². The molecule has 1 fully saturated rings. The smallest absolute Gasteiger partial charge is 0.481 e. The molecule has 1 saturated heterocycles. The molecule has 20 N–H and O–H groups in total. The van der Waals surface area contributed by atoms with Crippen LogP contribution in [0.15, 0.2) is 108 Å². The molecule has 1 aromatic heterocycles. The molecular formula is C71H83N10O34P3S3. The molecule has 0 saturated carbocycles. The van der Waals surface area contributed by atoms with E-state index in [-0.39, 0.29) is 80.8 Å². The molecule has 654 valence electrons. The van der Waals surface area contributed by atoms with Gasteiger partial charge in [-0.3, -0.25) is 52.2 Å². The number of aliphatic hydroxyl groups excluding tert-OH is 1. The number of nitrogens with two attached hydrogens (primary N) is 1. The van der Waals surface area contributed by atoms with Crippen molar-refractivity contribution < 1.29 is 159 Å². The van der Waals surface area contributed by atoms with E-state index in [1.807, 2.05) is 108 Å². The van der Waals surface area contributed by atoms with Crippen molar-refractivity contribution in [1.82, 2.24) is 46.8 Å². The summed E-state index contributed by atoms with van der Waals surface area (Å²) >= 11 is 4.12. The summed E-state index contributed by atoms with van der Waals surface area (Å²) in [7, 11) is -14.4. The van der Waals surface area contributed by atoms with Crippen LogP contribution in [-0.2, 0) is 93.8 Å². The molecule has 0 radical (unpaired) electrons. The Morgan fingerprint density at radius 2 is 0.959 bits per heavy atom. The molecule has 8 rings (SSSR count). The second-order valence-electron chi connectivity index (χ2n) is 26.4. The van der Waals surface area contributed by atoms with Crippen LogP contribution in [0, 0.1) is 11.8 Å². The molecule has 4 aromatic carbocycles. The number of aromatic nitrogens is 2. The summed E-state index contributed by atoms with van der Waals surface area (Å²) in [5, 5.41) is 81.5. The highest BCUT2D eigenvalue weighted by atomic mass is 33.1. The van der Waals surface area contributed by atoms with E-state index in [1.165, 1.54) is 21.6 Å². The van der Waals surface area contributed by atoms with Crippen LogP contribution < -0.4 is 48.6 Å². The first-order chi connectivity index (χ1) is 57.1. The molecule has 1 aliphatic heterocycles. The van der Waals surface area contributed by atoms with E-state index < -0.39 is 194 Å². The van der Waals surface area contributed by atoms with Crippen molar-refractivity contribution in [2.45, 2.75) is 131 Å². The van der Waals surface area contributed by atoms with Crippen molar-refractivity contribution >= 4 is 141 Å². The second-order valence-corrected chi connectivity index (χ2v) is 34.0. The van der Waals surface area contributed by atoms with E-state index in [0.29, 0.717) is 17.9 Å². The Kier molecular flexibility index (Phi) is 36.8. The number of thiol groups is 1. The number of carbonyl (C=O) groups excluding carboxylic acids is 7. The highest BCUT2D eigenvalue weighted by molar-refractivity contribution is 8.76. The van der Waals surface area contributed by atoms with Gasteiger partial charge in [0, 0.05) is 42.4 Å². The Morgan fingerprint density at radius 3 is 1.38 bits per heavy atom. The first-order valence-corrected chi connectivity index (χ1v) is 43.7. The highest BCUT2D eigenvalue weighted by Gasteiger charge is 2.44. The zero-order chi connectivity index (χ0) is 89.1. The fraction of sp³-hybridized carbons (Fsp3) is 0.394. The summed E-state index contributed by atoms with van der Waals surface area (Å²) in [6, 6.07) is 20.4. The normalized spacial score (nSPS) is 16.8. The lowest BCUT2D eigenvalue weighted by Crippen LogP contribution is -2.56. The number of hydrogen-bond donors (Lipinski definition) is 20. The molecule has 2 aliphatic carbocycles. The Hall–Kier alpha value is -10.8. The summed E-state index contributed by atoms with van der Waals surface area (Å²) in [5.41, 5.74) is 12.6. The molecular weight excluding hydrogens is 1730 g/mol. The fourth-order valence-electron chi connectivity index (χ4n) is 12.3. The van der Waals surface area contributed by atoms with E-state index in [1.54, 1.807) is 0 Å². The number of carboxylic acid groups (broad SMARTS) is 6. The number of aliphatic carboxylic acids is 6. The molecule has 0 spiro atoms. The van der Waals surface area contributed by atoms with Gasteiger partial charge in [0.2, 0.25) is 29.5 Å². The molecule has 2 heterocycles. The molecule has 7 amide bonds. The maximum atomic E-state index is 13.7. The molecule has 3 aliphatic rings. The third-order valence-corrected chi connectivity index (χ3v) is 24.3. The molecule has 44 nitrogen and oxygen atoms in total. The van der Waals surface area contributed by atoms with Gasteiger partial charge in [-0.05, 0) is 75.9 Å².